The molecule has 0 aliphatic rings. The number of benzene rings is 1. The van der Waals surface area contributed by atoms with Gasteiger partial charge in [-0.25, -0.2) is 0 Å². The lowest BCUT2D eigenvalue weighted by molar-refractivity contribution is -0.143. The molecule has 1 aromatic heterocycles. The molecule has 2 aromatic rings. The topological polar surface area (TPSA) is 30.2 Å². The lowest BCUT2D eigenvalue weighted by Gasteiger charge is -2.13. The number of alkyl halides is 6. The van der Waals surface area contributed by atoms with E-state index in [0.29, 0.717) is 12.1 Å². The van der Waals surface area contributed by atoms with Gasteiger partial charge in [0.05, 0.1) is 11.1 Å². The molecule has 118 valence electrons. The van der Waals surface area contributed by atoms with Crippen molar-refractivity contribution in [1.29, 1.82) is 0 Å². The minimum absolute atomic E-state index is 0.0000529. The molecule has 0 radical (unpaired) electrons. The van der Waals surface area contributed by atoms with E-state index in [4.69, 9.17) is 16.0 Å². The van der Waals surface area contributed by atoms with Gasteiger partial charge in [0.15, 0.2) is 5.76 Å². The minimum atomic E-state index is -4.96. The van der Waals surface area contributed by atoms with Crippen LogP contribution >= 0.6 is 11.6 Å². The van der Waals surface area contributed by atoms with Crippen LogP contribution in [0.15, 0.2) is 34.7 Å². The van der Waals surface area contributed by atoms with Crippen molar-refractivity contribution in [3.63, 3.8) is 0 Å². The summed E-state index contributed by atoms with van der Waals surface area (Å²) in [6.07, 6.45) is -9.93. The quantitative estimate of drug-likeness (QED) is 0.543. The Balaban J connectivity index is 2.61. The maximum Gasteiger partial charge on any atom is 0.416 e. The molecule has 0 unspecified atom stereocenters. The lowest BCUT2D eigenvalue weighted by Crippen LogP contribution is -2.11. The SMILES string of the molecule is O=C(Cl)c1ccc(-c2cc(C(F)(F)F)cc(C(F)(F)F)c2)o1. The van der Waals surface area contributed by atoms with Crippen LogP contribution in [0, 0.1) is 0 Å². The lowest BCUT2D eigenvalue weighted by atomic mass is 10.0. The predicted octanol–water partition coefficient (Wildman–Crippen LogP) is 5.36. The number of hydrogen-bond acceptors (Lipinski definition) is 2. The summed E-state index contributed by atoms with van der Waals surface area (Å²) in [5.74, 6) is -0.719. The molecule has 0 N–H and O–H groups in total. The summed E-state index contributed by atoms with van der Waals surface area (Å²) >= 11 is 5.12. The van der Waals surface area contributed by atoms with Crippen molar-refractivity contribution in [3.05, 3.63) is 47.2 Å². The fourth-order valence-corrected chi connectivity index (χ4v) is 1.80. The van der Waals surface area contributed by atoms with Gasteiger partial charge in [-0.3, -0.25) is 4.79 Å². The van der Waals surface area contributed by atoms with E-state index in [2.05, 4.69) is 0 Å². The first-order valence-corrected chi connectivity index (χ1v) is 5.96. The second kappa shape index (κ2) is 5.35. The van der Waals surface area contributed by atoms with Gasteiger partial charge in [-0.05, 0) is 41.9 Å². The van der Waals surface area contributed by atoms with Gasteiger partial charge in [-0.15, -0.1) is 0 Å². The minimum Gasteiger partial charge on any atom is -0.452 e. The van der Waals surface area contributed by atoms with Gasteiger partial charge in [-0.2, -0.15) is 26.3 Å². The van der Waals surface area contributed by atoms with Crippen LogP contribution in [0.4, 0.5) is 26.3 Å². The standard InChI is InChI=1S/C13H5ClF6O2/c14-11(21)10-2-1-9(22-10)6-3-7(12(15,16)17)5-8(4-6)13(18,19)20/h1-5H. The van der Waals surface area contributed by atoms with Crippen LogP contribution in [0.1, 0.15) is 21.7 Å². The summed E-state index contributed by atoms with van der Waals surface area (Å²) in [5, 5.41) is -1.02. The molecule has 0 fully saturated rings. The van der Waals surface area contributed by atoms with E-state index in [0.717, 1.165) is 12.1 Å². The Labute approximate surface area is 124 Å². The molecule has 2 nitrogen and oxygen atoms in total. The summed E-state index contributed by atoms with van der Waals surface area (Å²) in [6, 6.07) is 3.11. The molecule has 0 atom stereocenters. The second-order valence-corrected chi connectivity index (χ2v) is 4.58. The summed E-state index contributed by atoms with van der Waals surface area (Å²) in [4.78, 5) is 10.9. The highest BCUT2D eigenvalue weighted by atomic mass is 35.5. The van der Waals surface area contributed by atoms with Crippen LogP contribution in [-0.2, 0) is 12.4 Å². The maximum absolute atomic E-state index is 12.7. The Morgan fingerprint density at radius 2 is 1.41 bits per heavy atom. The van der Waals surface area contributed by atoms with Crippen molar-refractivity contribution in [1.82, 2.24) is 0 Å². The van der Waals surface area contributed by atoms with E-state index in [-0.39, 0.29) is 17.6 Å². The summed E-state index contributed by atoms with van der Waals surface area (Å²) < 4.78 is 81.1. The van der Waals surface area contributed by atoms with Gasteiger partial charge < -0.3 is 4.42 Å². The Hall–Kier alpha value is -1.96. The molecular formula is C13H5ClF6O2. The highest BCUT2D eigenvalue weighted by Gasteiger charge is 2.37. The third-order valence-electron chi connectivity index (χ3n) is 2.67. The number of carbonyl (C=O) groups excluding carboxylic acids is 1. The molecule has 0 bridgehead atoms. The molecule has 0 aliphatic carbocycles. The van der Waals surface area contributed by atoms with E-state index >= 15 is 0 Å². The van der Waals surface area contributed by atoms with Gasteiger partial charge >= 0.3 is 12.4 Å². The van der Waals surface area contributed by atoms with Gasteiger partial charge in [0.2, 0.25) is 0 Å². The van der Waals surface area contributed by atoms with E-state index in [1.165, 1.54) is 0 Å². The molecular weight excluding hydrogens is 338 g/mol. The zero-order valence-corrected chi connectivity index (χ0v) is 11.1. The van der Waals surface area contributed by atoms with E-state index < -0.39 is 34.3 Å². The fraction of sp³-hybridized carbons (Fsp3) is 0.154. The Morgan fingerprint density at radius 3 is 1.77 bits per heavy atom. The average molecular weight is 343 g/mol. The monoisotopic (exact) mass is 342 g/mol. The van der Waals surface area contributed by atoms with Crippen molar-refractivity contribution in [3.8, 4) is 11.3 Å². The normalized spacial score (nSPS) is 12.5. The van der Waals surface area contributed by atoms with Crippen molar-refractivity contribution >= 4 is 16.8 Å². The first-order chi connectivity index (χ1) is 9.98. The van der Waals surface area contributed by atoms with E-state index in [9.17, 15) is 31.1 Å². The van der Waals surface area contributed by atoms with Gasteiger partial charge in [0, 0.05) is 5.56 Å². The average Bonchev–Trinajstić information content (AvgIpc) is 2.85. The summed E-state index contributed by atoms with van der Waals surface area (Å²) in [7, 11) is 0. The van der Waals surface area contributed by atoms with Crippen LogP contribution in [0.2, 0.25) is 0 Å². The fourth-order valence-electron chi connectivity index (χ4n) is 1.70. The third-order valence-corrected chi connectivity index (χ3v) is 2.86. The summed E-state index contributed by atoms with van der Waals surface area (Å²) in [5.41, 5.74) is -3.42. The van der Waals surface area contributed by atoms with Crippen LogP contribution in [0.3, 0.4) is 0 Å². The van der Waals surface area contributed by atoms with Gasteiger partial charge in [-0.1, -0.05) is 0 Å². The molecule has 1 heterocycles. The largest absolute Gasteiger partial charge is 0.452 e. The summed E-state index contributed by atoms with van der Waals surface area (Å²) in [6.45, 7) is 0. The Morgan fingerprint density at radius 1 is 0.909 bits per heavy atom. The molecule has 2 rings (SSSR count). The van der Waals surface area contributed by atoms with Crippen molar-refractivity contribution in [2.45, 2.75) is 12.4 Å². The molecule has 0 aliphatic heterocycles. The van der Waals surface area contributed by atoms with Crippen LogP contribution in [0.25, 0.3) is 11.3 Å². The van der Waals surface area contributed by atoms with E-state index in [1.54, 1.807) is 0 Å². The van der Waals surface area contributed by atoms with Crippen LogP contribution in [0.5, 0.6) is 0 Å². The Kier molecular flexibility index (Phi) is 3.99. The predicted molar refractivity (Wildman–Crippen MR) is 64.3 cm³/mol. The highest BCUT2D eigenvalue weighted by Crippen LogP contribution is 2.38. The van der Waals surface area contributed by atoms with Gasteiger partial charge in [0.25, 0.3) is 5.24 Å². The van der Waals surface area contributed by atoms with Crippen molar-refractivity contribution in [2.24, 2.45) is 0 Å². The van der Waals surface area contributed by atoms with E-state index in [1.807, 2.05) is 0 Å². The second-order valence-electron chi connectivity index (χ2n) is 4.23. The molecule has 22 heavy (non-hydrogen) atoms. The molecule has 1 aromatic carbocycles. The number of hydrogen-bond donors (Lipinski definition) is 0. The zero-order valence-electron chi connectivity index (χ0n) is 10.3. The molecule has 0 saturated carbocycles. The zero-order chi connectivity index (χ0) is 16.7. The number of carbonyl (C=O) groups is 1. The van der Waals surface area contributed by atoms with Crippen molar-refractivity contribution in [2.75, 3.05) is 0 Å². The maximum atomic E-state index is 12.7. The first kappa shape index (κ1) is 16.4. The Bertz CT molecular complexity index is 682. The highest BCUT2D eigenvalue weighted by molar-refractivity contribution is 6.67. The molecule has 0 amide bonds. The van der Waals surface area contributed by atoms with Crippen LogP contribution < -0.4 is 0 Å². The first-order valence-electron chi connectivity index (χ1n) is 5.58. The van der Waals surface area contributed by atoms with Crippen LogP contribution in [-0.4, -0.2) is 5.24 Å². The smallest absolute Gasteiger partial charge is 0.416 e. The van der Waals surface area contributed by atoms with Crippen molar-refractivity contribution < 1.29 is 35.6 Å². The number of halogens is 7. The third kappa shape index (κ3) is 3.44. The number of furan rings is 1. The number of rotatable bonds is 2. The molecule has 0 saturated heterocycles. The van der Waals surface area contributed by atoms with Gasteiger partial charge in [0.1, 0.15) is 5.76 Å². The molecule has 0 spiro atoms. The molecule has 9 heteroatoms.